The molecule has 0 saturated carbocycles. The first-order chi connectivity index (χ1) is 7.16. The van der Waals surface area contributed by atoms with Crippen LogP contribution in [0.5, 0.6) is 0 Å². The summed E-state index contributed by atoms with van der Waals surface area (Å²) >= 11 is 2.34. The van der Waals surface area contributed by atoms with Gasteiger partial charge in [0.25, 0.3) is 0 Å². The number of hydrogen-bond acceptors (Lipinski definition) is 2. The summed E-state index contributed by atoms with van der Waals surface area (Å²) in [4.78, 5) is 0. The number of rotatable bonds is 6. The normalized spacial score (nSPS) is 10.9. The molecule has 15 heavy (non-hydrogen) atoms. The van der Waals surface area contributed by atoms with Gasteiger partial charge in [0.1, 0.15) is 0 Å². The molecule has 3 nitrogen and oxygen atoms in total. The summed E-state index contributed by atoms with van der Waals surface area (Å²) in [5, 5.41) is 4.46. The molecular formula is C11H19IN2O. The number of aromatic nitrogens is 2. The van der Waals surface area contributed by atoms with Crippen LogP contribution in [0, 0.1) is 17.4 Å². The predicted octanol–water partition coefficient (Wildman–Crippen LogP) is 2.92. The number of nitrogens with zero attached hydrogens (tertiary/aromatic N) is 2. The van der Waals surface area contributed by atoms with E-state index in [1.807, 2.05) is 11.6 Å². The van der Waals surface area contributed by atoms with Gasteiger partial charge in [-0.1, -0.05) is 13.3 Å². The van der Waals surface area contributed by atoms with E-state index in [-0.39, 0.29) is 0 Å². The molecule has 0 N–H and O–H groups in total. The number of ether oxygens (including phenoxy) is 1. The maximum atomic E-state index is 5.52. The van der Waals surface area contributed by atoms with Gasteiger partial charge in [-0.2, -0.15) is 5.10 Å². The van der Waals surface area contributed by atoms with Crippen molar-refractivity contribution in [1.29, 1.82) is 0 Å². The summed E-state index contributed by atoms with van der Waals surface area (Å²) in [5.41, 5.74) is 2.36. The van der Waals surface area contributed by atoms with Crippen LogP contribution in [0.1, 0.15) is 31.2 Å². The highest BCUT2D eigenvalue weighted by molar-refractivity contribution is 14.1. The number of aryl methyl sites for hydroxylation is 1. The Labute approximate surface area is 105 Å². The molecule has 0 saturated heterocycles. The lowest BCUT2D eigenvalue weighted by Gasteiger charge is -2.05. The van der Waals surface area contributed by atoms with E-state index in [1.54, 1.807) is 0 Å². The summed E-state index contributed by atoms with van der Waals surface area (Å²) in [6.45, 7) is 8.81. The first-order valence-corrected chi connectivity index (χ1v) is 6.52. The summed E-state index contributed by atoms with van der Waals surface area (Å²) in [5.74, 6) is 0. The van der Waals surface area contributed by atoms with E-state index < -0.39 is 0 Å². The van der Waals surface area contributed by atoms with E-state index in [1.165, 1.54) is 15.7 Å². The Morgan fingerprint density at radius 3 is 2.60 bits per heavy atom. The molecule has 1 aromatic heterocycles. The van der Waals surface area contributed by atoms with Crippen molar-refractivity contribution in [2.45, 2.75) is 40.2 Å². The van der Waals surface area contributed by atoms with Crippen LogP contribution in [0.3, 0.4) is 0 Å². The molecule has 0 radical (unpaired) electrons. The zero-order valence-corrected chi connectivity index (χ0v) is 11.9. The van der Waals surface area contributed by atoms with E-state index in [0.717, 1.165) is 31.9 Å². The lowest BCUT2D eigenvalue weighted by Crippen LogP contribution is -2.09. The topological polar surface area (TPSA) is 27.1 Å². The Hall–Kier alpha value is -0.100. The second-order valence-electron chi connectivity index (χ2n) is 3.67. The van der Waals surface area contributed by atoms with E-state index >= 15 is 0 Å². The van der Waals surface area contributed by atoms with Crippen molar-refractivity contribution in [3.05, 3.63) is 15.0 Å². The van der Waals surface area contributed by atoms with Crippen LogP contribution in [0.25, 0.3) is 0 Å². The van der Waals surface area contributed by atoms with Gasteiger partial charge < -0.3 is 4.74 Å². The molecule has 0 atom stereocenters. The summed E-state index contributed by atoms with van der Waals surface area (Å²) in [6.07, 6.45) is 2.34. The van der Waals surface area contributed by atoms with Crippen LogP contribution >= 0.6 is 22.6 Å². The van der Waals surface area contributed by atoms with Crippen molar-refractivity contribution in [3.63, 3.8) is 0 Å². The van der Waals surface area contributed by atoms with Crippen LogP contribution < -0.4 is 0 Å². The molecule has 0 aliphatic rings. The number of halogens is 1. The Morgan fingerprint density at radius 1 is 1.33 bits per heavy atom. The minimum atomic E-state index is 0.762. The zero-order chi connectivity index (χ0) is 11.3. The van der Waals surface area contributed by atoms with E-state index in [9.17, 15) is 0 Å². The van der Waals surface area contributed by atoms with Gasteiger partial charge in [0.15, 0.2) is 0 Å². The van der Waals surface area contributed by atoms with Gasteiger partial charge in [0, 0.05) is 12.3 Å². The maximum Gasteiger partial charge on any atom is 0.0730 e. The van der Waals surface area contributed by atoms with Gasteiger partial charge >= 0.3 is 0 Å². The average Bonchev–Trinajstić information content (AvgIpc) is 2.46. The highest BCUT2D eigenvalue weighted by Gasteiger charge is 2.07. The maximum absolute atomic E-state index is 5.52. The van der Waals surface area contributed by atoms with Gasteiger partial charge in [-0.25, -0.2) is 0 Å². The fourth-order valence-electron chi connectivity index (χ4n) is 1.39. The van der Waals surface area contributed by atoms with Gasteiger partial charge in [-0.05, 0) is 42.9 Å². The molecule has 1 aromatic rings. The fourth-order valence-corrected chi connectivity index (χ4v) is 1.78. The third-order valence-electron chi connectivity index (χ3n) is 2.38. The van der Waals surface area contributed by atoms with E-state index in [4.69, 9.17) is 4.74 Å². The van der Waals surface area contributed by atoms with Crippen molar-refractivity contribution >= 4 is 22.6 Å². The lowest BCUT2D eigenvalue weighted by atomic mass is 10.4. The summed E-state index contributed by atoms with van der Waals surface area (Å²) in [7, 11) is 0. The second kappa shape index (κ2) is 6.48. The molecule has 86 valence electrons. The largest absolute Gasteiger partial charge is 0.380 e. The molecule has 0 fully saturated rings. The Kier molecular flexibility index (Phi) is 5.60. The van der Waals surface area contributed by atoms with Gasteiger partial charge in [-0.3, -0.25) is 4.68 Å². The minimum Gasteiger partial charge on any atom is -0.380 e. The van der Waals surface area contributed by atoms with Crippen molar-refractivity contribution in [2.75, 3.05) is 13.2 Å². The average molecular weight is 322 g/mol. The molecule has 0 aliphatic heterocycles. The first-order valence-electron chi connectivity index (χ1n) is 5.44. The number of unbranched alkanes of at least 4 members (excludes halogenated alkanes) is 1. The molecule has 0 spiro atoms. The third kappa shape index (κ3) is 3.75. The van der Waals surface area contributed by atoms with E-state index in [2.05, 4.69) is 41.5 Å². The molecule has 1 rings (SSSR count). The molecular weight excluding hydrogens is 303 g/mol. The number of hydrogen-bond donors (Lipinski definition) is 0. The fraction of sp³-hybridized carbons (Fsp3) is 0.727. The van der Waals surface area contributed by atoms with Crippen LogP contribution in [-0.2, 0) is 11.3 Å². The Balaban J connectivity index is 2.34. The third-order valence-corrected chi connectivity index (χ3v) is 3.94. The molecule has 1 heterocycles. The highest BCUT2D eigenvalue weighted by atomic mass is 127. The zero-order valence-electron chi connectivity index (χ0n) is 9.72. The highest BCUT2D eigenvalue weighted by Crippen LogP contribution is 2.14. The van der Waals surface area contributed by atoms with Crippen molar-refractivity contribution < 1.29 is 4.74 Å². The molecule has 4 heteroatoms. The second-order valence-corrected chi connectivity index (χ2v) is 4.75. The Morgan fingerprint density at radius 2 is 2.07 bits per heavy atom. The van der Waals surface area contributed by atoms with E-state index in [0.29, 0.717) is 0 Å². The lowest BCUT2D eigenvalue weighted by molar-refractivity contribution is 0.120. The standard InChI is InChI=1S/C11H19IN2O/c1-4-5-7-15-8-6-14-10(3)11(12)9(2)13-14/h4-8H2,1-3H3. The van der Waals surface area contributed by atoms with Crippen LogP contribution in [-0.4, -0.2) is 23.0 Å². The summed E-state index contributed by atoms with van der Waals surface area (Å²) in [6, 6.07) is 0. The van der Waals surface area contributed by atoms with Crippen molar-refractivity contribution in [1.82, 2.24) is 9.78 Å². The first kappa shape index (κ1) is 13.0. The molecule has 0 aromatic carbocycles. The van der Waals surface area contributed by atoms with Crippen LogP contribution in [0.2, 0.25) is 0 Å². The monoisotopic (exact) mass is 322 g/mol. The van der Waals surface area contributed by atoms with Crippen LogP contribution in [0.4, 0.5) is 0 Å². The predicted molar refractivity (Wildman–Crippen MR) is 70.1 cm³/mol. The quantitative estimate of drug-likeness (QED) is 0.595. The van der Waals surface area contributed by atoms with Gasteiger partial charge in [-0.15, -0.1) is 0 Å². The smallest absolute Gasteiger partial charge is 0.0730 e. The van der Waals surface area contributed by atoms with Gasteiger partial charge in [0.2, 0.25) is 0 Å². The minimum absolute atomic E-state index is 0.762. The van der Waals surface area contributed by atoms with Gasteiger partial charge in [0.05, 0.1) is 22.4 Å². The van der Waals surface area contributed by atoms with Crippen molar-refractivity contribution in [3.8, 4) is 0 Å². The molecule has 0 amide bonds. The van der Waals surface area contributed by atoms with Crippen LogP contribution in [0.15, 0.2) is 0 Å². The molecule has 0 unspecified atom stereocenters. The van der Waals surface area contributed by atoms with Crippen molar-refractivity contribution in [2.24, 2.45) is 0 Å². The molecule has 0 bridgehead atoms. The molecule has 0 aliphatic carbocycles. The summed E-state index contributed by atoms with van der Waals surface area (Å²) < 4.78 is 8.81. The SMILES string of the molecule is CCCCOCCn1nc(C)c(I)c1C. The Bertz CT molecular complexity index is 310.